The summed E-state index contributed by atoms with van der Waals surface area (Å²) in [5.74, 6) is 1.72. The lowest BCUT2D eigenvalue weighted by molar-refractivity contribution is -0.118. The second-order valence-corrected chi connectivity index (χ2v) is 12.4. The number of pyridine rings is 1. The minimum atomic E-state index is -0.915. The fourth-order valence-electron chi connectivity index (χ4n) is 7.05. The monoisotopic (exact) mass is 592 g/mol. The van der Waals surface area contributed by atoms with E-state index in [1.165, 1.54) is 17.7 Å². The Morgan fingerprint density at radius 1 is 1.00 bits per heavy atom. The molecule has 7 rings (SSSR count). The molecule has 226 valence electrons. The van der Waals surface area contributed by atoms with Crippen LogP contribution in [0.4, 0.5) is 16.4 Å². The van der Waals surface area contributed by atoms with Crippen LogP contribution in [0, 0.1) is 18.3 Å². The molecule has 2 saturated carbocycles. The van der Waals surface area contributed by atoms with Gasteiger partial charge >= 0.3 is 6.09 Å². The van der Waals surface area contributed by atoms with Gasteiger partial charge in [0.15, 0.2) is 0 Å². The number of aryl methyl sites for hydroxylation is 1. The number of carboxylic acid groups (broad SMARTS) is 1. The predicted octanol–water partition coefficient (Wildman–Crippen LogP) is 6.87. The highest BCUT2D eigenvalue weighted by Crippen LogP contribution is 2.63. The number of ether oxygens (including phenoxy) is 1. The molecule has 4 aromatic rings. The van der Waals surface area contributed by atoms with Crippen LogP contribution in [0.1, 0.15) is 50.5 Å². The van der Waals surface area contributed by atoms with E-state index in [9.17, 15) is 14.7 Å². The van der Waals surface area contributed by atoms with Crippen LogP contribution in [-0.4, -0.2) is 56.1 Å². The van der Waals surface area contributed by atoms with Gasteiger partial charge in [-0.2, -0.15) is 0 Å². The minimum absolute atomic E-state index is 0.0728. The van der Waals surface area contributed by atoms with E-state index in [4.69, 9.17) is 9.72 Å². The molecule has 10 nitrogen and oxygen atoms in total. The summed E-state index contributed by atoms with van der Waals surface area (Å²) in [4.78, 5) is 39.8. The Morgan fingerprint density at radius 3 is 2.70 bits per heavy atom. The average molecular weight is 593 g/mol. The van der Waals surface area contributed by atoms with Crippen molar-refractivity contribution >= 4 is 34.4 Å². The summed E-state index contributed by atoms with van der Waals surface area (Å²) in [6.45, 7) is 2.91. The van der Waals surface area contributed by atoms with E-state index < -0.39 is 6.09 Å². The smallest absolute Gasteiger partial charge is 0.407 e. The zero-order valence-corrected chi connectivity index (χ0v) is 24.8. The van der Waals surface area contributed by atoms with Crippen molar-refractivity contribution in [1.29, 1.82) is 0 Å². The molecule has 1 saturated heterocycles. The van der Waals surface area contributed by atoms with Crippen LogP contribution in [0.15, 0.2) is 60.9 Å². The molecule has 3 N–H and O–H groups in total. The average Bonchev–Trinajstić information content (AvgIpc) is 3.55. The molecule has 2 aromatic heterocycles. The van der Waals surface area contributed by atoms with Crippen molar-refractivity contribution < 1.29 is 19.4 Å². The second-order valence-electron chi connectivity index (χ2n) is 12.4. The van der Waals surface area contributed by atoms with Crippen LogP contribution in [-0.2, 0) is 4.79 Å². The lowest BCUT2D eigenvalue weighted by Gasteiger charge is -2.31. The number of nitrogens with one attached hydrogen (secondary N) is 2. The van der Waals surface area contributed by atoms with Crippen LogP contribution in [0.5, 0.6) is 11.6 Å². The van der Waals surface area contributed by atoms with E-state index in [0.29, 0.717) is 41.9 Å². The van der Waals surface area contributed by atoms with E-state index in [1.54, 1.807) is 18.5 Å². The van der Waals surface area contributed by atoms with Gasteiger partial charge in [-0.25, -0.2) is 19.7 Å². The molecule has 0 radical (unpaired) electrons. The molecular formula is C34H36N6O4. The number of benzene rings is 2. The van der Waals surface area contributed by atoms with Crippen molar-refractivity contribution in [2.45, 2.75) is 57.9 Å². The fourth-order valence-corrected chi connectivity index (χ4v) is 7.05. The number of amides is 2. The van der Waals surface area contributed by atoms with Crippen LogP contribution >= 0.6 is 0 Å². The Morgan fingerprint density at radius 2 is 1.86 bits per heavy atom. The number of anilines is 2. The summed E-state index contributed by atoms with van der Waals surface area (Å²) < 4.78 is 6.56. The molecule has 10 heteroatoms. The molecule has 3 heterocycles. The summed E-state index contributed by atoms with van der Waals surface area (Å²) in [5, 5.41) is 17.7. The molecule has 3 fully saturated rings. The van der Waals surface area contributed by atoms with E-state index in [1.807, 2.05) is 49.4 Å². The van der Waals surface area contributed by atoms with E-state index in [2.05, 4.69) is 20.6 Å². The Bertz CT molecular complexity index is 1740. The standard InChI is InChI=1S/C34H36N6O4/c1-21-11-12-23-24(8-4-10-27(23)38-30(41)26-19-34(26)14-2-3-15-34)29(21)44-31-25(9-5-16-35-31)28-13-17-36-32(39-28)37-22-7-6-18-40(20-22)33(42)43/h4-5,8-13,16-17,22,26H,2-3,6-7,14-15,18-20H2,1H3,(H,38,41)(H,42,43)(H,36,37,39)/t22-,26-/m0/s1. The second kappa shape index (κ2) is 11.4. The molecule has 1 spiro atoms. The Balaban J connectivity index is 1.14. The lowest BCUT2D eigenvalue weighted by atomic mass is 10.0. The maximum absolute atomic E-state index is 13.2. The number of hydrogen-bond acceptors (Lipinski definition) is 7. The number of hydrogen-bond donors (Lipinski definition) is 3. The van der Waals surface area contributed by atoms with Crippen LogP contribution in [0.25, 0.3) is 22.0 Å². The van der Waals surface area contributed by atoms with E-state index >= 15 is 0 Å². The van der Waals surface area contributed by atoms with Gasteiger partial charge in [0.2, 0.25) is 17.7 Å². The van der Waals surface area contributed by atoms with Crippen LogP contribution < -0.4 is 15.4 Å². The topological polar surface area (TPSA) is 130 Å². The van der Waals surface area contributed by atoms with Gasteiger partial charge in [-0.15, -0.1) is 0 Å². The number of aromatic nitrogens is 3. The van der Waals surface area contributed by atoms with Gasteiger partial charge in [0.1, 0.15) is 5.75 Å². The third kappa shape index (κ3) is 5.40. The first-order valence-electron chi connectivity index (χ1n) is 15.4. The van der Waals surface area contributed by atoms with Gasteiger partial charge < -0.3 is 25.4 Å². The summed E-state index contributed by atoms with van der Waals surface area (Å²) in [6, 6.07) is 15.4. The van der Waals surface area contributed by atoms with Gasteiger partial charge in [-0.3, -0.25) is 4.79 Å². The molecule has 2 aliphatic carbocycles. The number of carbonyl (C=O) groups is 2. The molecule has 3 aliphatic rings. The first-order valence-corrected chi connectivity index (χ1v) is 15.4. The summed E-state index contributed by atoms with van der Waals surface area (Å²) in [6.07, 6.45) is 9.84. The summed E-state index contributed by atoms with van der Waals surface area (Å²) >= 11 is 0. The molecule has 0 unspecified atom stereocenters. The van der Waals surface area contributed by atoms with E-state index in [-0.39, 0.29) is 23.3 Å². The van der Waals surface area contributed by atoms with Crippen molar-refractivity contribution in [3.63, 3.8) is 0 Å². The molecular weight excluding hydrogens is 556 g/mol. The Kier molecular flexibility index (Phi) is 7.27. The third-order valence-electron chi connectivity index (χ3n) is 9.50. The van der Waals surface area contributed by atoms with Gasteiger partial charge in [-0.05, 0) is 74.3 Å². The molecule has 2 amide bonds. The molecule has 2 aromatic carbocycles. The number of nitrogens with zero attached hydrogens (tertiary/aromatic N) is 4. The van der Waals surface area contributed by atoms with Crippen molar-refractivity contribution in [3.05, 3.63) is 66.5 Å². The molecule has 2 atom stereocenters. The number of fused-ring (bicyclic) bond motifs is 1. The minimum Gasteiger partial charge on any atom is -0.465 e. The van der Waals surface area contributed by atoms with Gasteiger partial charge in [0.05, 0.1) is 11.3 Å². The third-order valence-corrected chi connectivity index (χ3v) is 9.50. The van der Waals surface area contributed by atoms with Gasteiger partial charge in [-0.1, -0.05) is 37.1 Å². The maximum Gasteiger partial charge on any atom is 0.407 e. The molecule has 0 bridgehead atoms. The highest BCUT2D eigenvalue weighted by molar-refractivity contribution is 6.06. The number of carbonyl (C=O) groups excluding carboxylic acids is 1. The van der Waals surface area contributed by atoms with Crippen molar-refractivity contribution in [2.75, 3.05) is 23.7 Å². The van der Waals surface area contributed by atoms with E-state index in [0.717, 1.165) is 54.1 Å². The van der Waals surface area contributed by atoms with Crippen LogP contribution in [0.2, 0.25) is 0 Å². The van der Waals surface area contributed by atoms with Crippen molar-refractivity contribution in [1.82, 2.24) is 19.9 Å². The quantitative estimate of drug-likeness (QED) is 0.212. The number of piperidine rings is 1. The summed E-state index contributed by atoms with van der Waals surface area (Å²) in [7, 11) is 0. The van der Waals surface area contributed by atoms with Gasteiger partial charge in [0.25, 0.3) is 0 Å². The lowest BCUT2D eigenvalue weighted by Crippen LogP contribution is -2.44. The SMILES string of the molecule is Cc1ccc2c(NC(=O)[C@@H]3CC34CCCC4)cccc2c1Oc1ncccc1-c1ccnc(N[C@H]2CCCN(C(=O)O)C2)n1. The Hall–Kier alpha value is -4.73. The maximum atomic E-state index is 13.2. The fraction of sp³-hybridized carbons (Fsp3) is 0.382. The normalized spacial score (nSPS) is 20.4. The van der Waals surface area contributed by atoms with Crippen LogP contribution in [0.3, 0.4) is 0 Å². The zero-order valence-electron chi connectivity index (χ0n) is 24.8. The number of rotatable bonds is 7. The summed E-state index contributed by atoms with van der Waals surface area (Å²) in [5.41, 5.74) is 3.29. The molecule has 44 heavy (non-hydrogen) atoms. The van der Waals surface area contributed by atoms with Crippen molar-refractivity contribution in [2.24, 2.45) is 11.3 Å². The number of likely N-dealkylation sites (tertiary alicyclic amines) is 1. The first kappa shape index (κ1) is 28.1. The zero-order chi connectivity index (χ0) is 30.3. The highest BCUT2D eigenvalue weighted by atomic mass is 16.5. The highest BCUT2D eigenvalue weighted by Gasteiger charge is 2.58. The molecule has 1 aliphatic heterocycles. The largest absolute Gasteiger partial charge is 0.465 e. The predicted molar refractivity (Wildman–Crippen MR) is 168 cm³/mol. The Labute approximate surface area is 255 Å². The first-order chi connectivity index (χ1) is 21.4. The van der Waals surface area contributed by atoms with Gasteiger partial charge in [0, 0.05) is 53.9 Å². The van der Waals surface area contributed by atoms with Crippen molar-refractivity contribution in [3.8, 4) is 22.9 Å².